The molecule has 0 heterocycles. The Kier molecular flexibility index (Phi) is 8.41. The fourth-order valence-corrected chi connectivity index (χ4v) is 2.80. The number of carbonyl (C=O) groups excluding carboxylic acids is 1. The van der Waals surface area contributed by atoms with Gasteiger partial charge in [-0.2, -0.15) is 5.10 Å². The van der Waals surface area contributed by atoms with E-state index in [4.69, 9.17) is 19.3 Å². The van der Waals surface area contributed by atoms with Crippen molar-refractivity contribution in [3.05, 3.63) is 89.5 Å². The van der Waals surface area contributed by atoms with Gasteiger partial charge in [0.25, 0.3) is 5.91 Å². The first-order chi connectivity index (χ1) is 16.0. The van der Waals surface area contributed by atoms with Gasteiger partial charge in [0, 0.05) is 11.1 Å². The topological polar surface area (TPSA) is 106 Å². The number of aliphatic carboxylic acids is 1. The van der Waals surface area contributed by atoms with Crippen molar-refractivity contribution in [2.24, 2.45) is 5.10 Å². The lowest BCUT2D eigenvalue weighted by Crippen LogP contribution is -2.17. The van der Waals surface area contributed by atoms with Crippen molar-refractivity contribution < 1.29 is 28.9 Å². The third-order valence-electron chi connectivity index (χ3n) is 4.40. The highest BCUT2D eigenvalue weighted by molar-refractivity contribution is 5.95. The Morgan fingerprint density at radius 1 is 0.909 bits per heavy atom. The van der Waals surface area contributed by atoms with Crippen molar-refractivity contribution in [2.45, 2.75) is 13.5 Å². The van der Waals surface area contributed by atoms with Crippen molar-refractivity contribution in [3.63, 3.8) is 0 Å². The largest absolute Gasteiger partial charge is 0.494 e. The van der Waals surface area contributed by atoms with Crippen molar-refractivity contribution in [3.8, 4) is 17.2 Å². The molecule has 0 radical (unpaired) electrons. The van der Waals surface area contributed by atoms with Crippen LogP contribution in [0.3, 0.4) is 0 Å². The summed E-state index contributed by atoms with van der Waals surface area (Å²) in [6.45, 7) is 2.44. The Morgan fingerprint density at radius 3 is 2.24 bits per heavy atom. The van der Waals surface area contributed by atoms with E-state index in [9.17, 15) is 9.59 Å². The van der Waals surface area contributed by atoms with E-state index in [0.717, 1.165) is 17.1 Å². The summed E-state index contributed by atoms with van der Waals surface area (Å²) in [6.07, 6.45) is 1.40. The van der Waals surface area contributed by atoms with Crippen LogP contribution in [-0.4, -0.2) is 36.4 Å². The zero-order valence-corrected chi connectivity index (χ0v) is 18.1. The Balaban J connectivity index is 1.51. The number of rotatable bonds is 11. The van der Waals surface area contributed by atoms with E-state index >= 15 is 0 Å². The zero-order chi connectivity index (χ0) is 23.5. The number of carboxylic acid groups (broad SMARTS) is 1. The highest BCUT2D eigenvalue weighted by Crippen LogP contribution is 2.19. The number of ether oxygens (including phenoxy) is 3. The summed E-state index contributed by atoms with van der Waals surface area (Å²) in [7, 11) is 0. The quantitative estimate of drug-likeness (QED) is 0.340. The summed E-state index contributed by atoms with van der Waals surface area (Å²) in [5.74, 6) is 0.411. The Bertz CT molecular complexity index is 1090. The van der Waals surface area contributed by atoms with Crippen LogP contribution in [0.15, 0.2) is 77.9 Å². The van der Waals surface area contributed by atoms with E-state index < -0.39 is 12.6 Å². The fourth-order valence-electron chi connectivity index (χ4n) is 2.80. The number of carboxylic acids is 1. The van der Waals surface area contributed by atoms with E-state index in [1.165, 1.54) is 6.21 Å². The molecule has 8 nitrogen and oxygen atoms in total. The second-order valence-corrected chi connectivity index (χ2v) is 6.81. The average molecular weight is 448 g/mol. The normalized spacial score (nSPS) is 10.6. The number of hydrogen-bond donors (Lipinski definition) is 2. The molecule has 0 unspecified atom stereocenters. The summed E-state index contributed by atoms with van der Waals surface area (Å²) in [6, 6.07) is 21.2. The smallest absolute Gasteiger partial charge is 0.341 e. The maximum Gasteiger partial charge on any atom is 0.341 e. The van der Waals surface area contributed by atoms with E-state index in [1.54, 1.807) is 36.4 Å². The summed E-state index contributed by atoms with van der Waals surface area (Å²) in [4.78, 5) is 23.0. The van der Waals surface area contributed by atoms with Crippen molar-refractivity contribution >= 4 is 18.1 Å². The number of para-hydroxylation sites is 1. The lowest BCUT2D eigenvalue weighted by molar-refractivity contribution is -0.139. The molecule has 8 heteroatoms. The Labute approximate surface area is 191 Å². The van der Waals surface area contributed by atoms with E-state index in [0.29, 0.717) is 30.1 Å². The first-order valence-corrected chi connectivity index (χ1v) is 10.3. The van der Waals surface area contributed by atoms with Gasteiger partial charge in [0.2, 0.25) is 0 Å². The summed E-state index contributed by atoms with van der Waals surface area (Å²) in [5.41, 5.74) is 4.34. The number of amides is 1. The number of hydrogen-bond acceptors (Lipinski definition) is 6. The molecule has 0 atom stereocenters. The van der Waals surface area contributed by atoms with Gasteiger partial charge >= 0.3 is 5.97 Å². The predicted octanol–water partition coefficient (Wildman–Crippen LogP) is 3.89. The standard InChI is InChI=1S/C25H24N2O6/c1-2-31-21-11-13-22(14-12-21)32-16-18-7-9-19(10-8-18)25(30)27-26-15-20-5-3-4-6-23(20)33-17-24(28)29/h3-15H,2,16-17H2,1H3,(H,27,30)(H,28,29)/b26-15+. The van der Waals surface area contributed by atoms with Gasteiger partial charge in [-0.05, 0) is 61.0 Å². The van der Waals surface area contributed by atoms with Crippen LogP contribution in [0.1, 0.15) is 28.4 Å². The highest BCUT2D eigenvalue weighted by atomic mass is 16.5. The minimum Gasteiger partial charge on any atom is -0.494 e. The second-order valence-electron chi connectivity index (χ2n) is 6.81. The van der Waals surface area contributed by atoms with Crippen LogP contribution in [0.5, 0.6) is 17.2 Å². The van der Waals surface area contributed by atoms with Crippen LogP contribution >= 0.6 is 0 Å². The molecule has 0 saturated heterocycles. The maximum atomic E-state index is 12.3. The molecule has 0 fully saturated rings. The van der Waals surface area contributed by atoms with Crippen LogP contribution in [0.2, 0.25) is 0 Å². The Morgan fingerprint density at radius 2 is 1.58 bits per heavy atom. The van der Waals surface area contributed by atoms with Crippen LogP contribution < -0.4 is 19.6 Å². The maximum absolute atomic E-state index is 12.3. The molecule has 0 aliphatic carbocycles. The van der Waals surface area contributed by atoms with E-state index in [-0.39, 0.29) is 5.91 Å². The molecule has 0 aliphatic rings. The molecule has 3 aromatic rings. The summed E-state index contributed by atoms with van der Waals surface area (Å²) >= 11 is 0. The predicted molar refractivity (Wildman–Crippen MR) is 123 cm³/mol. The molecule has 0 bridgehead atoms. The van der Waals surface area contributed by atoms with Gasteiger partial charge in [0.05, 0.1) is 12.8 Å². The van der Waals surface area contributed by atoms with E-state index in [1.807, 2.05) is 43.3 Å². The molecule has 0 aromatic heterocycles. The molecule has 170 valence electrons. The van der Waals surface area contributed by atoms with Crippen LogP contribution in [0.25, 0.3) is 0 Å². The van der Waals surface area contributed by atoms with Gasteiger partial charge < -0.3 is 19.3 Å². The molecule has 0 saturated carbocycles. The van der Waals surface area contributed by atoms with Gasteiger partial charge in [0.1, 0.15) is 23.9 Å². The molecule has 3 aromatic carbocycles. The van der Waals surface area contributed by atoms with Crippen LogP contribution in [-0.2, 0) is 11.4 Å². The van der Waals surface area contributed by atoms with Gasteiger partial charge in [-0.1, -0.05) is 24.3 Å². The molecular weight excluding hydrogens is 424 g/mol. The number of nitrogens with zero attached hydrogens (tertiary/aromatic N) is 1. The number of benzene rings is 3. The molecule has 0 spiro atoms. The fraction of sp³-hybridized carbons (Fsp3) is 0.160. The average Bonchev–Trinajstić information content (AvgIpc) is 2.83. The number of carbonyl (C=O) groups is 2. The first kappa shape index (κ1) is 23.3. The van der Waals surface area contributed by atoms with Crippen LogP contribution in [0.4, 0.5) is 0 Å². The van der Waals surface area contributed by atoms with Gasteiger partial charge in [0.15, 0.2) is 6.61 Å². The highest BCUT2D eigenvalue weighted by Gasteiger charge is 2.06. The molecule has 2 N–H and O–H groups in total. The molecular formula is C25H24N2O6. The van der Waals surface area contributed by atoms with Gasteiger partial charge in [-0.25, -0.2) is 10.2 Å². The van der Waals surface area contributed by atoms with Crippen molar-refractivity contribution in [1.82, 2.24) is 5.43 Å². The third kappa shape index (κ3) is 7.39. The second kappa shape index (κ2) is 11.9. The molecule has 3 rings (SSSR count). The van der Waals surface area contributed by atoms with Crippen molar-refractivity contribution in [2.75, 3.05) is 13.2 Å². The number of hydrazone groups is 1. The summed E-state index contributed by atoms with van der Waals surface area (Å²) < 4.78 is 16.4. The number of nitrogens with one attached hydrogen (secondary N) is 1. The lowest BCUT2D eigenvalue weighted by atomic mass is 10.1. The Hall–Kier alpha value is -4.33. The first-order valence-electron chi connectivity index (χ1n) is 10.3. The van der Waals surface area contributed by atoms with Gasteiger partial charge in [-0.3, -0.25) is 4.79 Å². The minimum atomic E-state index is -1.08. The minimum absolute atomic E-state index is 0.356. The molecule has 1 amide bonds. The lowest BCUT2D eigenvalue weighted by Gasteiger charge is -2.08. The monoisotopic (exact) mass is 448 g/mol. The summed E-state index contributed by atoms with van der Waals surface area (Å²) in [5, 5.41) is 12.7. The van der Waals surface area contributed by atoms with E-state index in [2.05, 4.69) is 10.5 Å². The third-order valence-corrected chi connectivity index (χ3v) is 4.40. The van der Waals surface area contributed by atoms with Crippen molar-refractivity contribution in [1.29, 1.82) is 0 Å². The van der Waals surface area contributed by atoms with Crippen LogP contribution in [0, 0.1) is 0 Å². The van der Waals surface area contributed by atoms with Gasteiger partial charge in [-0.15, -0.1) is 0 Å². The SMILES string of the molecule is CCOc1ccc(OCc2ccc(C(=O)N/N=C/c3ccccc3OCC(=O)O)cc2)cc1. The zero-order valence-electron chi connectivity index (χ0n) is 18.1. The molecule has 33 heavy (non-hydrogen) atoms. The molecule has 0 aliphatic heterocycles.